The number of carbonyl (C=O) groups is 1. The zero-order valence-corrected chi connectivity index (χ0v) is 15.5. The number of aromatic nitrogens is 1. The molecule has 138 valence electrons. The Bertz CT molecular complexity index is 679. The summed E-state index contributed by atoms with van der Waals surface area (Å²) in [6.07, 6.45) is 2.76. The summed E-state index contributed by atoms with van der Waals surface area (Å²) in [4.78, 5) is 18.5. The fourth-order valence-corrected chi connectivity index (χ4v) is 2.89. The Kier molecular flexibility index (Phi) is 8.35. The van der Waals surface area contributed by atoms with Crippen LogP contribution in [0.5, 0.6) is 0 Å². The standard InChI is InChI=1S/C17H20FN3O2.2ClH/c1-19-9-12-6-7-21(10-12)16(22)8-15-11-23-17(20-15)13-2-4-14(18)5-3-13;;/h2-5,11-12,19H,6-10H2,1H3;2*1H. The lowest BCUT2D eigenvalue weighted by molar-refractivity contribution is -0.129. The second-order valence-corrected chi connectivity index (χ2v) is 5.88. The van der Waals surface area contributed by atoms with Gasteiger partial charge in [-0.05, 0) is 50.2 Å². The summed E-state index contributed by atoms with van der Waals surface area (Å²) in [5, 5.41) is 3.15. The molecule has 2 aromatic rings. The van der Waals surface area contributed by atoms with Crippen LogP contribution in [-0.2, 0) is 11.2 Å². The van der Waals surface area contributed by atoms with Crippen molar-refractivity contribution < 1.29 is 13.6 Å². The topological polar surface area (TPSA) is 58.4 Å². The van der Waals surface area contributed by atoms with Gasteiger partial charge in [0.05, 0.1) is 12.1 Å². The van der Waals surface area contributed by atoms with Gasteiger partial charge in [-0.2, -0.15) is 0 Å². The number of amides is 1. The number of oxazole rings is 1. The molecule has 0 spiro atoms. The molecular weight excluding hydrogens is 368 g/mol. The largest absolute Gasteiger partial charge is 0.444 e. The van der Waals surface area contributed by atoms with Crippen LogP contribution in [0.25, 0.3) is 11.5 Å². The summed E-state index contributed by atoms with van der Waals surface area (Å²) in [7, 11) is 1.93. The van der Waals surface area contributed by atoms with Gasteiger partial charge in [-0.25, -0.2) is 9.37 Å². The van der Waals surface area contributed by atoms with E-state index in [0.717, 1.165) is 26.1 Å². The van der Waals surface area contributed by atoms with Crippen molar-refractivity contribution in [2.75, 3.05) is 26.7 Å². The highest BCUT2D eigenvalue weighted by Gasteiger charge is 2.26. The van der Waals surface area contributed by atoms with Crippen molar-refractivity contribution in [3.05, 3.63) is 42.0 Å². The molecule has 1 aromatic carbocycles. The van der Waals surface area contributed by atoms with Crippen molar-refractivity contribution in [1.82, 2.24) is 15.2 Å². The highest BCUT2D eigenvalue weighted by molar-refractivity contribution is 5.85. The Morgan fingerprint density at radius 1 is 1.36 bits per heavy atom. The summed E-state index contributed by atoms with van der Waals surface area (Å²) >= 11 is 0. The summed E-state index contributed by atoms with van der Waals surface area (Å²) in [5.41, 5.74) is 1.30. The Morgan fingerprint density at radius 3 is 2.76 bits per heavy atom. The van der Waals surface area contributed by atoms with Gasteiger partial charge in [-0.3, -0.25) is 4.79 Å². The van der Waals surface area contributed by atoms with Gasteiger partial charge in [0.15, 0.2) is 0 Å². The Hall–Kier alpha value is -1.63. The number of benzene rings is 1. The maximum absolute atomic E-state index is 12.9. The maximum Gasteiger partial charge on any atom is 0.228 e. The van der Waals surface area contributed by atoms with Gasteiger partial charge in [-0.1, -0.05) is 0 Å². The third-order valence-corrected chi connectivity index (χ3v) is 4.11. The van der Waals surface area contributed by atoms with Crippen LogP contribution in [0.2, 0.25) is 0 Å². The van der Waals surface area contributed by atoms with E-state index in [4.69, 9.17) is 4.42 Å². The van der Waals surface area contributed by atoms with E-state index in [2.05, 4.69) is 10.3 Å². The van der Waals surface area contributed by atoms with Crippen LogP contribution in [-0.4, -0.2) is 42.5 Å². The van der Waals surface area contributed by atoms with Crippen LogP contribution < -0.4 is 5.32 Å². The summed E-state index contributed by atoms with van der Waals surface area (Å²) in [6, 6.07) is 5.93. The predicted molar refractivity (Wildman–Crippen MR) is 98.7 cm³/mol. The van der Waals surface area contributed by atoms with E-state index in [9.17, 15) is 9.18 Å². The number of likely N-dealkylation sites (tertiary alicyclic amines) is 1. The number of nitrogens with zero attached hydrogens (tertiary/aromatic N) is 2. The van der Waals surface area contributed by atoms with Crippen molar-refractivity contribution in [3.63, 3.8) is 0 Å². The van der Waals surface area contributed by atoms with Crippen LogP contribution in [0.15, 0.2) is 34.9 Å². The molecule has 3 rings (SSSR count). The molecule has 1 saturated heterocycles. The lowest BCUT2D eigenvalue weighted by Gasteiger charge is -2.15. The molecule has 1 unspecified atom stereocenters. The van der Waals surface area contributed by atoms with Crippen LogP contribution in [0.4, 0.5) is 4.39 Å². The van der Waals surface area contributed by atoms with Crippen LogP contribution in [0.3, 0.4) is 0 Å². The van der Waals surface area contributed by atoms with Gasteiger partial charge < -0.3 is 14.6 Å². The van der Waals surface area contributed by atoms with Gasteiger partial charge >= 0.3 is 0 Å². The summed E-state index contributed by atoms with van der Waals surface area (Å²) < 4.78 is 18.3. The number of carbonyl (C=O) groups excluding carboxylic acids is 1. The van der Waals surface area contributed by atoms with Crippen molar-refractivity contribution >= 4 is 30.7 Å². The van der Waals surface area contributed by atoms with Gasteiger partial charge in [0, 0.05) is 18.7 Å². The smallest absolute Gasteiger partial charge is 0.228 e. The Morgan fingerprint density at radius 2 is 2.08 bits per heavy atom. The average molecular weight is 390 g/mol. The number of hydrogen-bond donors (Lipinski definition) is 1. The third-order valence-electron chi connectivity index (χ3n) is 4.11. The predicted octanol–water partition coefficient (Wildman–Crippen LogP) is 2.93. The molecule has 5 nitrogen and oxygen atoms in total. The lowest BCUT2D eigenvalue weighted by atomic mass is 10.1. The first-order chi connectivity index (χ1) is 11.2. The van der Waals surface area contributed by atoms with E-state index >= 15 is 0 Å². The fraction of sp³-hybridized carbons (Fsp3) is 0.412. The zero-order valence-electron chi connectivity index (χ0n) is 13.9. The monoisotopic (exact) mass is 389 g/mol. The first-order valence-corrected chi connectivity index (χ1v) is 7.78. The number of halogens is 3. The molecule has 1 amide bonds. The number of rotatable bonds is 5. The minimum Gasteiger partial charge on any atom is -0.444 e. The second kappa shape index (κ2) is 9.75. The number of nitrogens with one attached hydrogen (secondary N) is 1. The van der Waals surface area contributed by atoms with E-state index in [0.29, 0.717) is 23.1 Å². The molecule has 0 saturated carbocycles. The molecule has 2 heterocycles. The minimum absolute atomic E-state index is 0. The zero-order chi connectivity index (χ0) is 16.2. The van der Waals surface area contributed by atoms with E-state index in [1.165, 1.54) is 18.4 Å². The van der Waals surface area contributed by atoms with Crippen molar-refractivity contribution in [2.24, 2.45) is 5.92 Å². The van der Waals surface area contributed by atoms with Crippen LogP contribution in [0, 0.1) is 11.7 Å². The second-order valence-electron chi connectivity index (χ2n) is 5.88. The molecule has 0 aliphatic carbocycles. The molecule has 8 heteroatoms. The van der Waals surface area contributed by atoms with Gasteiger partial charge in [0.1, 0.15) is 12.1 Å². The molecule has 1 fully saturated rings. The minimum atomic E-state index is -0.305. The van der Waals surface area contributed by atoms with E-state index in [1.807, 2.05) is 11.9 Å². The van der Waals surface area contributed by atoms with E-state index in [1.54, 1.807) is 12.1 Å². The molecule has 0 bridgehead atoms. The lowest BCUT2D eigenvalue weighted by Crippen LogP contribution is -2.31. The Labute approximate surface area is 158 Å². The summed E-state index contributed by atoms with van der Waals surface area (Å²) in [5.74, 6) is 0.696. The van der Waals surface area contributed by atoms with Crippen molar-refractivity contribution in [2.45, 2.75) is 12.8 Å². The first kappa shape index (κ1) is 21.4. The third kappa shape index (κ3) is 5.42. The molecule has 1 N–H and O–H groups in total. The molecule has 25 heavy (non-hydrogen) atoms. The summed E-state index contributed by atoms with van der Waals surface area (Å²) in [6.45, 7) is 2.53. The van der Waals surface area contributed by atoms with Crippen molar-refractivity contribution in [1.29, 1.82) is 0 Å². The van der Waals surface area contributed by atoms with E-state index in [-0.39, 0.29) is 43.0 Å². The molecule has 1 aromatic heterocycles. The number of hydrogen-bond acceptors (Lipinski definition) is 4. The van der Waals surface area contributed by atoms with Gasteiger partial charge in [-0.15, -0.1) is 24.8 Å². The quantitative estimate of drug-likeness (QED) is 0.853. The molecule has 1 atom stereocenters. The highest BCUT2D eigenvalue weighted by Crippen LogP contribution is 2.20. The van der Waals surface area contributed by atoms with Gasteiger partial charge in [0.25, 0.3) is 0 Å². The van der Waals surface area contributed by atoms with Crippen LogP contribution >= 0.6 is 24.8 Å². The first-order valence-electron chi connectivity index (χ1n) is 7.78. The SMILES string of the molecule is CNCC1CCN(C(=O)Cc2coc(-c3ccc(F)cc3)n2)C1.Cl.Cl. The van der Waals surface area contributed by atoms with Crippen molar-refractivity contribution in [3.8, 4) is 11.5 Å². The molecule has 1 aliphatic heterocycles. The van der Waals surface area contributed by atoms with E-state index < -0.39 is 0 Å². The average Bonchev–Trinajstić information content (AvgIpc) is 3.18. The van der Waals surface area contributed by atoms with Crippen LogP contribution in [0.1, 0.15) is 12.1 Å². The fourth-order valence-electron chi connectivity index (χ4n) is 2.89. The molecule has 1 aliphatic rings. The Balaban J connectivity index is 0.00000156. The normalized spacial score (nSPS) is 16.2. The molecular formula is C17H22Cl2FN3O2. The maximum atomic E-state index is 12.9. The highest BCUT2D eigenvalue weighted by atomic mass is 35.5. The van der Waals surface area contributed by atoms with Gasteiger partial charge in [0.2, 0.25) is 11.8 Å². The molecule has 0 radical (unpaired) electrons.